The van der Waals surface area contributed by atoms with Crippen molar-refractivity contribution >= 4 is 5.78 Å². The van der Waals surface area contributed by atoms with Gasteiger partial charge in [-0.1, -0.05) is 13.8 Å². The van der Waals surface area contributed by atoms with E-state index in [4.69, 9.17) is 4.74 Å². The number of carbonyl (C=O) groups excluding carboxylic acids is 1. The van der Waals surface area contributed by atoms with Crippen molar-refractivity contribution < 1.29 is 18.3 Å². The van der Waals surface area contributed by atoms with Crippen LogP contribution in [0.4, 0.5) is 8.78 Å². The number of halogens is 2. The van der Waals surface area contributed by atoms with Gasteiger partial charge in [-0.25, -0.2) is 5.32 Å². The molecule has 92 valence electrons. The van der Waals surface area contributed by atoms with E-state index in [9.17, 15) is 13.6 Å². The highest BCUT2D eigenvalue weighted by Crippen LogP contribution is 2.42. The first-order valence-electron chi connectivity index (χ1n) is 5.73. The second-order valence-corrected chi connectivity index (χ2v) is 5.00. The Morgan fingerprint density at radius 2 is 2.06 bits per heavy atom. The molecule has 2 aliphatic rings. The molecule has 0 aromatic rings. The first-order chi connectivity index (χ1) is 7.42. The third kappa shape index (κ3) is 2.25. The Hall–Kier alpha value is -0.550. The van der Waals surface area contributed by atoms with E-state index in [2.05, 4.69) is 0 Å². The fraction of sp³-hybridized carbons (Fsp3) is 0.909. The molecule has 2 rings (SSSR count). The predicted molar refractivity (Wildman–Crippen MR) is 54.2 cm³/mol. The molecule has 1 unspecified atom stereocenters. The number of rotatable bonds is 2. The van der Waals surface area contributed by atoms with Gasteiger partial charge in [-0.3, -0.25) is 4.79 Å². The molecule has 0 spiro atoms. The Balaban J connectivity index is 2.17. The van der Waals surface area contributed by atoms with Gasteiger partial charge in [0.2, 0.25) is 0 Å². The lowest BCUT2D eigenvalue weighted by Gasteiger charge is -2.27. The van der Waals surface area contributed by atoms with Crippen LogP contribution in [0.3, 0.4) is 0 Å². The fourth-order valence-corrected chi connectivity index (χ4v) is 2.06. The minimum atomic E-state index is -3.08. The van der Waals surface area contributed by atoms with E-state index in [0.29, 0.717) is 0 Å². The molecular weight excluding hydrogens is 216 g/mol. The lowest BCUT2D eigenvalue weighted by atomic mass is 10.0. The maximum atomic E-state index is 13.6. The number of hydrogen-bond donors (Lipinski definition) is 1. The zero-order valence-electron chi connectivity index (χ0n) is 9.50. The van der Waals surface area contributed by atoms with Gasteiger partial charge in [0, 0.05) is 0 Å². The van der Waals surface area contributed by atoms with Gasteiger partial charge < -0.3 is 4.74 Å². The molecule has 0 amide bonds. The monoisotopic (exact) mass is 233 g/mol. The third-order valence-electron chi connectivity index (χ3n) is 3.12. The first kappa shape index (κ1) is 11.9. The molecular formula is C11H17F2NO2. The van der Waals surface area contributed by atoms with Gasteiger partial charge in [-0.05, 0) is 24.7 Å². The number of hydrogen-bond acceptors (Lipinski definition) is 3. The molecule has 1 saturated heterocycles. The van der Waals surface area contributed by atoms with Gasteiger partial charge in [0.25, 0.3) is 0 Å². The topological polar surface area (TPSA) is 38.3 Å². The van der Waals surface area contributed by atoms with Gasteiger partial charge in [-0.15, -0.1) is 0 Å². The van der Waals surface area contributed by atoms with E-state index in [1.165, 1.54) is 0 Å². The molecule has 1 aliphatic heterocycles. The van der Waals surface area contributed by atoms with Crippen molar-refractivity contribution in [3.05, 3.63) is 0 Å². The summed E-state index contributed by atoms with van der Waals surface area (Å²) in [4.78, 5) is 11.6. The van der Waals surface area contributed by atoms with Crippen LogP contribution in [0.25, 0.3) is 0 Å². The summed E-state index contributed by atoms with van der Waals surface area (Å²) in [6, 6.07) is -3.08. The van der Waals surface area contributed by atoms with Gasteiger partial charge >= 0.3 is 6.05 Å². The Bertz CT molecular complexity index is 290. The average Bonchev–Trinajstić information content (AvgIpc) is 2.97. The summed E-state index contributed by atoms with van der Waals surface area (Å²) in [5.74, 6) is -0.447. The van der Waals surface area contributed by atoms with Crippen LogP contribution >= 0.6 is 0 Å². The summed E-state index contributed by atoms with van der Waals surface area (Å²) >= 11 is 0. The smallest absolute Gasteiger partial charge is 0.329 e. The zero-order valence-corrected chi connectivity index (χ0v) is 9.50. The van der Waals surface area contributed by atoms with Crippen molar-refractivity contribution in [3.8, 4) is 0 Å². The highest BCUT2D eigenvalue weighted by atomic mass is 19.3. The Labute approximate surface area is 93.5 Å². The molecule has 0 aromatic carbocycles. The molecule has 0 radical (unpaired) electrons. The van der Waals surface area contributed by atoms with Crippen molar-refractivity contribution in [3.63, 3.8) is 0 Å². The van der Waals surface area contributed by atoms with Crippen LogP contribution in [0.5, 0.6) is 0 Å². The highest BCUT2D eigenvalue weighted by molar-refractivity contribution is 5.85. The fourth-order valence-electron chi connectivity index (χ4n) is 2.06. The SMILES string of the molecule is CC(C)C1O[C@@H](C2CC2)C(F)(F)NCC1=O. The third-order valence-corrected chi connectivity index (χ3v) is 3.12. The van der Waals surface area contributed by atoms with Crippen molar-refractivity contribution in [1.29, 1.82) is 0 Å². The van der Waals surface area contributed by atoms with E-state index >= 15 is 0 Å². The standard InChI is InChI=1S/C11H17F2NO2/c1-6(2)9-8(15)5-14-11(12,13)10(16-9)7-3-4-7/h6-7,9-10,14H,3-5H2,1-2H3/t9?,10-/m0/s1. The number of carbonyl (C=O) groups is 1. The van der Waals surface area contributed by atoms with E-state index in [-0.39, 0.29) is 24.2 Å². The molecule has 2 fully saturated rings. The highest BCUT2D eigenvalue weighted by Gasteiger charge is 2.52. The van der Waals surface area contributed by atoms with E-state index in [1.54, 1.807) is 0 Å². The second-order valence-electron chi connectivity index (χ2n) is 5.00. The van der Waals surface area contributed by atoms with Crippen molar-refractivity contribution in [1.82, 2.24) is 5.32 Å². The average molecular weight is 233 g/mol. The number of ether oxygens (including phenoxy) is 1. The van der Waals surface area contributed by atoms with Crippen LogP contribution in [-0.4, -0.2) is 30.6 Å². The Morgan fingerprint density at radius 3 is 2.56 bits per heavy atom. The number of ketones is 1. The summed E-state index contributed by atoms with van der Waals surface area (Å²) in [5, 5.41) is 2.02. The molecule has 3 nitrogen and oxygen atoms in total. The molecule has 0 bridgehead atoms. The van der Waals surface area contributed by atoms with E-state index in [0.717, 1.165) is 12.8 Å². The van der Waals surface area contributed by atoms with Crippen molar-refractivity contribution in [2.24, 2.45) is 11.8 Å². The van der Waals surface area contributed by atoms with Crippen LogP contribution in [0, 0.1) is 11.8 Å². The largest absolute Gasteiger partial charge is 0.359 e. The normalized spacial score (nSPS) is 35.2. The van der Waals surface area contributed by atoms with Gasteiger partial charge in [0.05, 0.1) is 6.54 Å². The Kier molecular flexibility index (Phi) is 3.01. The summed E-state index contributed by atoms with van der Waals surface area (Å²) in [6.07, 6.45) is -0.320. The predicted octanol–water partition coefficient (Wildman–Crippen LogP) is 1.57. The molecule has 1 saturated carbocycles. The van der Waals surface area contributed by atoms with Crippen LogP contribution in [-0.2, 0) is 9.53 Å². The molecule has 16 heavy (non-hydrogen) atoms. The number of nitrogens with one attached hydrogen (secondary N) is 1. The quantitative estimate of drug-likeness (QED) is 0.736. The minimum absolute atomic E-state index is 0.0653. The minimum Gasteiger partial charge on any atom is -0.359 e. The lowest BCUT2D eigenvalue weighted by Crippen LogP contribution is -2.48. The first-order valence-corrected chi connectivity index (χ1v) is 5.73. The van der Waals surface area contributed by atoms with E-state index < -0.39 is 18.3 Å². The molecule has 0 aromatic heterocycles. The summed E-state index contributed by atoms with van der Waals surface area (Å²) in [7, 11) is 0. The van der Waals surface area contributed by atoms with Crippen LogP contribution < -0.4 is 5.32 Å². The molecule has 1 aliphatic carbocycles. The van der Waals surface area contributed by atoms with Crippen LogP contribution in [0.2, 0.25) is 0 Å². The second kappa shape index (κ2) is 4.04. The maximum Gasteiger partial charge on any atom is 0.329 e. The lowest BCUT2D eigenvalue weighted by molar-refractivity contribution is -0.177. The van der Waals surface area contributed by atoms with Gasteiger partial charge in [0.1, 0.15) is 12.2 Å². The number of alkyl halides is 2. The van der Waals surface area contributed by atoms with Crippen LogP contribution in [0.1, 0.15) is 26.7 Å². The molecule has 1 N–H and O–H groups in total. The van der Waals surface area contributed by atoms with Crippen molar-refractivity contribution in [2.75, 3.05) is 6.54 Å². The van der Waals surface area contributed by atoms with Gasteiger partial charge in [0.15, 0.2) is 5.78 Å². The molecule has 2 atom stereocenters. The Morgan fingerprint density at radius 1 is 1.44 bits per heavy atom. The zero-order chi connectivity index (χ0) is 11.9. The van der Waals surface area contributed by atoms with E-state index in [1.807, 2.05) is 19.2 Å². The maximum absolute atomic E-state index is 13.6. The summed E-state index contributed by atoms with van der Waals surface area (Å²) in [5.41, 5.74) is 0. The summed E-state index contributed by atoms with van der Waals surface area (Å²) < 4.78 is 32.6. The number of Topliss-reactive ketones (excluding diaryl/α,β-unsaturated/α-hetero) is 1. The molecule has 5 heteroatoms. The van der Waals surface area contributed by atoms with Crippen LogP contribution in [0.15, 0.2) is 0 Å². The molecule has 1 heterocycles. The summed E-state index contributed by atoms with van der Waals surface area (Å²) in [6.45, 7) is 3.32. The van der Waals surface area contributed by atoms with Gasteiger partial charge in [-0.2, -0.15) is 8.78 Å². The van der Waals surface area contributed by atoms with Crippen molar-refractivity contribution in [2.45, 2.75) is 44.9 Å².